The maximum Gasteiger partial charge on any atom is 0.265 e. The smallest absolute Gasteiger partial charge is 0.265 e. The topological polar surface area (TPSA) is 54.9 Å². The average Bonchev–Trinajstić information content (AvgIpc) is 2.87. The van der Waals surface area contributed by atoms with E-state index in [0.29, 0.717) is 6.29 Å². The van der Waals surface area contributed by atoms with Crippen molar-refractivity contribution >= 4 is 17.2 Å². The number of hydrogen-bond donors (Lipinski definition) is 1. The number of benzene rings is 1. The van der Waals surface area contributed by atoms with Crippen LogP contribution in [0.5, 0.6) is 0 Å². The van der Waals surface area contributed by atoms with Crippen LogP contribution < -0.4 is 5.56 Å². The van der Waals surface area contributed by atoms with E-state index in [4.69, 9.17) is 0 Å². The Morgan fingerprint density at radius 2 is 2.00 bits per heavy atom. The Labute approximate surface area is 102 Å². The van der Waals surface area contributed by atoms with E-state index in [-0.39, 0.29) is 11.1 Å². The van der Waals surface area contributed by atoms with Gasteiger partial charge in [-0.1, -0.05) is 12.1 Å². The Balaban J connectivity index is 2.36. The van der Waals surface area contributed by atoms with E-state index in [1.165, 1.54) is 10.6 Å². The molecule has 3 aromatic rings. The Morgan fingerprint density at radius 1 is 1.11 bits per heavy atom. The van der Waals surface area contributed by atoms with Crippen LogP contribution in [0.25, 0.3) is 16.6 Å². The Bertz CT molecular complexity index is 784. The van der Waals surface area contributed by atoms with Gasteiger partial charge in [0.2, 0.25) is 0 Å². The Hall–Kier alpha value is -2.62. The van der Waals surface area contributed by atoms with Gasteiger partial charge in [-0.15, -0.1) is 0 Å². The molecule has 0 aliphatic heterocycles. The van der Waals surface area contributed by atoms with Crippen molar-refractivity contribution < 1.29 is 4.79 Å². The molecule has 3 rings (SSSR count). The first kappa shape index (κ1) is 10.5. The molecule has 0 saturated carbocycles. The lowest BCUT2D eigenvalue weighted by molar-refractivity contribution is 0.112. The van der Waals surface area contributed by atoms with Crippen LogP contribution in [-0.2, 0) is 0 Å². The summed E-state index contributed by atoms with van der Waals surface area (Å²) >= 11 is 0. The highest BCUT2D eigenvalue weighted by molar-refractivity contribution is 5.87. The van der Waals surface area contributed by atoms with Gasteiger partial charge >= 0.3 is 0 Å². The second-order valence-corrected chi connectivity index (χ2v) is 3.98. The summed E-state index contributed by atoms with van der Waals surface area (Å²) in [7, 11) is 0. The number of aldehydes is 1. The monoisotopic (exact) mass is 238 g/mol. The third-order valence-corrected chi connectivity index (χ3v) is 2.93. The maximum atomic E-state index is 12.1. The molecule has 1 N–H and O–H groups in total. The largest absolute Gasteiger partial charge is 0.359 e. The summed E-state index contributed by atoms with van der Waals surface area (Å²) in [6.45, 7) is 0. The summed E-state index contributed by atoms with van der Waals surface area (Å²) < 4.78 is 1.47. The third kappa shape index (κ3) is 1.47. The summed E-state index contributed by atoms with van der Waals surface area (Å²) in [5.74, 6) is 0. The van der Waals surface area contributed by atoms with Gasteiger partial charge in [0.25, 0.3) is 5.56 Å². The molecule has 0 spiro atoms. The molecule has 0 aliphatic rings. The van der Waals surface area contributed by atoms with Crippen LogP contribution in [-0.4, -0.2) is 15.8 Å². The van der Waals surface area contributed by atoms with E-state index in [1.807, 2.05) is 30.5 Å². The molecular weight excluding hydrogens is 228 g/mol. The molecule has 0 saturated heterocycles. The lowest BCUT2D eigenvalue weighted by Crippen LogP contribution is -2.21. The van der Waals surface area contributed by atoms with E-state index < -0.39 is 0 Å². The van der Waals surface area contributed by atoms with Crippen molar-refractivity contribution in [2.45, 2.75) is 0 Å². The highest BCUT2D eigenvalue weighted by Gasteiger charge is 2.07. The lowest BCUT2D eigenvalue weighted by atomic mass is 10.2. The van der Waals surface area contributed by atoms with Crippen molar-refractivity contribution in [2.75, 3.05) is 0 Å². The fourth-order valence-electron chi connectivity index (χ4n) is 2.06. The Morgan fingerprint density at radius 3 is 2.83 bits per heavy atom. The second kappa shape index (κ2) is 4.00. The van der Waals surface area contributed by atoms with Gasteiger partial charge in [0.05, 0.1) is 16.8 Å². The molecule has 1 aromatic carbocycles. The van der Waals surface area contributed by atoms with Crippen molar-refractivity contribution in [3.63, 3.8) is 0 Å². The highest BCUT2D eigenvalue weighted by atomic mass is 16.1. The zero-order chi connectivity index (χ0) is 12.5. The summed E-state index contributed by atoms with van der Waals surface area (Å²) in [6.07, 6.45) is 4.06. The number of fused-ring (bicyclic) bond motifs is 1. The van der Waals surface area contributed by atoms with E-state index in [0.717, 1.165) is 16.6 Å². The number of carbonyl (C=O) groups excluding carboxylic acids is 1. The normalized spacial score (nSPS) is 10.7. The molecule has 2 heterocycles. The number of nitrogens with one attached hydrogen (secondary N) is 1. The molecule has 0 amide bonds. The minimum absolute atomic E-state index is 0.154. The number of pyridine rings is 1. The second-order valence-electron chi connectivity index (χ2n) is 3.98. The molecule has 88 valence electrons. The Kier molecular flexibility index (Phi) is 2.34. The van der Waals surface area contributed by atoms with Crippen LogP contribution in [0.1, 0.15) is 10.4 Å². The van der Waals surface area contributed by atoms with Crippen molar-refractivity contribution in [1.82, 2.24) is 9.55 Å². The molecule has 0 aliphatic carbocycles. The standard InChI is InChI=1S/C14H10N2O2/c17-9-11-4-2-8-16(14(11)18)12-5-1-3-10-6-7-15-13(10)12/h1-9,15H. The molecule has 0 bridgehead atoms. The number of H-pyrrole nitrogens is 1. The number of hydrogen-bond acceptors (Lipinski definition) is 2. The van der Waals surface area contributed by atoms with Crippen molar-refractivity contribution in [1.29, 1.82) is 0 Å². The number of carbonyl (C=O) groups is 1. The average molecular weight is 238 g/mol. The number of nitrogens with zero attached hydrogens (tertiary/aromatic N) is 1. The van der Waals surface area contributed by atoms with Gasteiger partial charge in [0, 0.05) is 17.8 Å². The molecule has 4 heteroatoms. The minimum Gasteiger partial charge on any atom is -0.359 e. The van der Waals surface area contributed by atoms with Gasteiger partial charge in [0.1, 0.15) is 0 Å². The number of aromatic amines is 1. The predicted molar refractivity (Wildman–Crippen MR) is 69.3 cm³/mol. The van der Waals surface area contributed by atoms with Crippen molar-refractivity contribution in [3.05, 3.63) is 64.7 Å². The first-order valence-corrected chi connectivity index (χ1v) is 5.54. The van der Waals surface area contributed by atoms with Crippen LogP contribution in [0.3, 0.4) is 0 Å². The van der Waals surface area contributed by atoms with E-state index in [1.54, 1.807) is 12.3 Å². The van der Waals surface area contributed by atoms with Gasteiger partial charge in [-0.3, -0.25) is 14.2 Å². The van der Waals surface area contributed by atoms with Gasteiger partial charge in [-0.05, 0) is 24.3 Å². The van der Waals surface area contributed by atoms with Crippen LogP contribution in [0, 0.1) is 0 Å². The van der Waals surface area contributed by atoms with Gasteiger partial charge in [-0.2, -0.15) is 0 Å². The van der Waals surface area contributed by atoms with Gasteiger partial charge in [0.15, 0.2) is 6.29 Å². The first-order valence-electron chi connectivity index (χ1n) is 5.54. The van der Waals surface area contributed by atoms with Crippen molar-refractivity contribution in [2.24, 2.45) is 0 Å². The first-order chi connectivity index (χ1) is 8.81. The quantitative estimate of drug-likeness (QED) is 0.695. The lowest BCUT2D eigenvalue weighted by Gasteiger charge is -2.07. The number of aromatic nitrogens is 2. The van der Waals surface area contributed by atoms with Crippen LogP contribution in [0.4, 0.5) is 0 Å². The predicted octanol–water partition coefficient (Wildman–Crippen LogP) is 2.13. The maximum absolute atomic E-state index is 12.1. The zero-order valence-electron chi connectivity index (χ0n) is 9.46. The number of rotatable bonds is 2. The SMILES string of the molecule is O=Cc1cccn(-c2cccc3cc[nH]c23)c1=O. The van der Waals surface area contributed by atoms with Crippen molar-refractivity contribution in [3.8, 4) is 5.69 Å². The van der Waals surface area contributed by atoms with Crippen LogP contribution >= 0.6 is 0 Å². The van der Waals surface area contributed by atoms with Crippen LogP contribution in [0.15, 0.2) is 53.6 Å². The molecule has 0 unspecified atom stereocenters. The van der Waals surface area contributed by atoms with Gasteiger partial charge in [-0.25, -0.2) is 0 Å². The van der Waals surface area contributed by atoms with Crippen LogP contribution in [0.2, 0.25) is 0 Å². The molecule has 0 fully saturated rings. The van der Waals surface area contributed by atoms with Gasteiger partial charge < -0.3 is 4.98 Å². The molecule has 4 nitrogen and oxygen atoms in total. The fraction of sp³-hybridized carbons (Fsp3) is 0. The molecule has 18 heavy (non-hydrogen) atoms. The van der Waals surface area contributed by atoms with E-state index in [9.17, 15) is 9.59 Å². The number of para-hydroxylation sites is 1. The molecular formula is C14H10N2O2. The molecule has 0 atom stereocenters. The molecule has 0 radical (unpaired) electrons. The summed E-state index contributed by atoms with van der Waals surface area (Å²) in [6, 6.07) is 10.8. The summed E-state index contributed by atoms with van der Waals surface area (Å²) in [4.78, 5) is 26.0. The van der Waals surface area contributed by atoms with E-state index >= 15 is 0 Å². The fourth-order valence-corrected chi connectivity index (χ4v) is 2.06. The highest BCUT2D eigenvalue weighted by Crippen LogP contribution is 2.19. The third-order valence-electron chi connectivity index (χ3n) is 2.93. The minimum atomic E-state index is -0.311. The van der Waals surface area contributed by atoms with E-state index in [2.05, 4.69) is 4.98 Å². The molecule has 2 aromatic heterocycles. The summed E-state index contributed by atoms with van der Waals surface area (Å²) in [5.41, 5.74) is 1.46. The summed E-state index contributed by atoms with van der Waals surface area (Å²) in [5, 5.41) is 1.02. The zero-order valence-corrected chi connectivity index (χ0v) is 9.46.